The van der Waals surface area contributed by atoms with Crippen molar-refractivity contribution < 1.29 is 58.7 Å². The second-order valence-corrected chi connectivity index (χ2v) is 22.3. The molecule has 0 bridgehead atoms. The molecule has 0 saturated heterocycles. The lowest BCUT2D eigenvalue weighted by molar-refractivity contribution is -0.163. The number of amides is 3. The maximum Gasteiger partial charge on any atom is 0.294 e. The molecule has 66 heavy (non-hydrogen) atoms. The van der Waals surface area contributed by atoms with Crippen molar-refractivity contribution in [3.05, 3.63) is 119 Å². The number of imide groups is 1. The fraction of sp³-hybridized carbons (Fsp3) is 0.409. The van der Waals surface area contributed by atoms with Gasteiger partial charge in [0.15, 0.2) is 0 Å². The highest BCUT2D eigenvalue weighted by molar-refractivity contribution is 7.90. The summed E-state index contributed by atoms with van der Waals surface area (Å²) < 4.78 is 92.7. The minimum Gasteiger partial charge on any atom is -0.374 e. The Bertz CT molecular complexity index is 2800. The number of allylic oxidation sites excluding steroid dienone is 4. The van der Waals surface area contributed by atoms with E-state index in [1.54, 1.807) is 59.7 Å². The largest absolute Gasteiger partial charge is 0.374 e. The van der Waals surface area contributed by atoms with Crippen LogP contribution >= 0.6 is 0 Å². The van der Waals surface area contributed by atoms with Crippen molar-refractivity contribution in [2.75, 3.05) is 63.0 Å². The molecule has 2 aromatic carbocycles. The first-order chi connectivity index (χ1) is 30.8. The number of nitrogens with zero attached hydrogens (tertiary/aromatic N) is 5. The number of aliphatic hydroxyl groups is 1. The van der Waals surface area contributed by atoms with Crippen LogP contribution in [0.4, 0.5) is 5.69 Å². The van der Waals surface area contributed by atoms with Crippen molar-refractivity contribution in [2.24, 2.45) is 10.4 Å². The highest BCUT2D eigenvalue weighted by Gasteiger charge is 2.46. The molecule has 356 valence electrons. The van der Waals surface area contributed by atoms with E-state index in [2.05, 4.69) is 5.32 Å². The number of benzene rings is 2. The Kier molecular flexibility index (Phi) is 14.5. The third-order valence-electron chi connectivity index (χ3n) is 12.1. The van der Waals surface area contributed by atoms with Gasteiger partial charge in [-0.3, -0.25) is 43.5 Å². The first-order valence-electron chi connectivity index (χ1n) is 20.8. The number of fused-ring (bicyclic) bond motifs is 2. The van der Waals surface area contributed by atoms with Gasteiger partial charge in [-0.25, -0.2) is 13.5 Å². The normalized spacial score (nSPS) is 21.7. The molecule has 0 spiro atoms. The molecule has 19 nitrogen and oxygen atoms in total. The predicted molar refractivity (Wildman–Crippen MR) is 246 cm³/mol. The summed E-state index contributed by atoms with van der Waals surface area (Å²) >= 11 is 0. The molecule has 3 atom stereocenters. The molecule has 0 saturated carbocycles. The summed E-state index contributed by atoms with van der Waals surface area (Å²) in [5.41, 5.74) is 2.24. The van der Waals surface area contributed by atoms with Crippen LogP contribution in [-0.4, -0.2) is 142 Å². The molecule has 0 aromatic heterocycles. The van der Waals surface area contributed by atoms with Crippen LogP contribution in [0, 0.1) is 5.41 Å². The van der Waals surface area contributed by atoms with Crippen molar-refractivity contribution in [3.63, 3.8) is 0 Å². The molecule has 3 amide bonds. The van der Waals surface area contributed by atoms with E-state index < -0.39 is 76.8 Å². The molecule has 0 radical (unpaired) electrons. The van der Waals surface area contributed by atoms with Crippen molar-refractivity contribution in [2.45, 2.75) is 56.3 Å². The lowest BCUT2D eigenvalue weighted by atomic mass is 9.75. The van der Waals surface area contributed by atoms with Crippen LogP contribution in [0.15, 0.2) is 112 Å². The van der Waals surface area contributed by atoms with Gasteiger partial charge in [-0.1, -0.05) is 44.2 Å². The monoisotopic (exact) mass is 970 g/mol. The summed E-state index contributed by atoms with van der Waals surface area (Å²) in [7, 11) is -9.50. The van der Waals surface area contributed by atoms with Gasteiger partial charge < -0.3 is 14.9 Å². The van der Waals surface area contributed by atoms with Crippen LogP contribution in [-0.2, 0) is 54.7 Å². The fourth-order valence-corrected chi connectivity index (χ4v) is 10.1. The molecule has 4 N–H and O–H groups in total. The number of carbonyl (C=O) groups excluding carboxylic acids is 3. The predicted octanol–water partition coefficient (Wildman–Crippen LogP) is 2.67. The minimum atomic E-state index is -4.70. The Morgan fingerprint density at radius 1 is 0.939 bits per heavy atom. The molecule has 2 aromatic rings. The number of aliphatic hydroxyl groups excluding tert-OH is 1. The summed E-state index contributed by atoms with van der Waals surface area (Å²) in [6, 6.07) is 10.8. The van der Waals surface area contributed by atoms with Gasteiger partial charge in [0, 0.05) is 80.3 Å². The topological polar surface area (TPSA) is 261 Å². The number of nitrogens with one attached hydrogen (secondary N) is 1. The van der Waals surface area contributed by atoms with Gasteiger partial charge in [-0.2, -0.15) is 16.8 Å². The number of hydroxylamine groups is 2. The zero-order valence-corrected chi connectivity index (χ0v) is 39.7. The van der Waals surface area contributed by atoms with Gasteiger partial charge in [0.25, 0.3) is 38.0 Å². The maximum absolute atomic E-state index is 13.3. The average Bonchev–Trinajstić information content (AvgIpc) is 3.79. The standard InChI is InChI=1S/C44H54N6O13S3/c1-43(2)34-26-30(42(54)47(4)63-5)28-48(21-8-24-64(6,55)56)40(34)46-36(43)10-7-11-37-44(3,31-14-12-29(13-15-31)41(53)45-20-23-50-38(51)18-19-39(50)52)33-27-32(66(60,61)62)16-17-35(33)49(37)22-9-25-65(57,58)59/h7,10-19,26-28,40-41,45,53H,8-9,20-25H2,1-6H3,(H,57,58,59)(H,60,61,62). The number of anilines is 1. The van der Waals surface area contributed by atoms with Crippen LogP contribution in [0.3, 0.4) is 0 Å². The third-order valence-corrected chi connectivity index (χ3v) is 14.8. The molecule has 22 heteroatoms. The van der Waals surface area contributed by atoms with Crippen LogP contribution < -0.4 is 10.2 Å². The number of likely N-dealkylation sites (N-methyl/N-ethyl adjacent to an activating group) is 1. The Morgan fingerprint density at radius 2 is 1.59 bits per heavy atom. The van der Waals surface area contributed by atoms with E-state index in [9.17, 15) is 53.8 Å². The molecule has 4 aliphatic rings. The molecular weight excluding hydrogens is 917 g/mol. The van der Waals surface area contributed by atoms with E-state index in [-0.39, 0.29) is 49.7 Å². The molecule has 0 aliphatic carbocycles. The minimum absolute atomic E-state index is 0.0228. The van der Waals surface area contributed by atoms with Crippen molar-refractivity contribution >= 4 is 59.2 Å². The first kappa shape index (κ1) is 50.1. The summed E-state index contributed by atoms with van der Waals surface area (Å²) in [6.07, 6.45) is 10.7. The number of aliphatic imine (C=N–C) groups is 1. The second kappa shape index (κ2) is 19.1. The number of sulfone groups is 1. The van der Waals surface area contributed by atoms with Gasteiger partial charge in [0.2, 0.25) is 0 Å². The highest BCUT2D eigenvalue weighted by atomic mass is 32.2. The summed E-state index contributed by atoms with van der Waals surface area (Å²) in [5.74, 6) is -1.97. The lowest BCUT2D eigenvalue weighted by Gasteiger charge is -2.34. The highest BCUT2D eigenvalue weighted by Crippen LogP contribution is 2.53. The number of hydrogen-bond acceptors (Lipinski definition) is 15. The Balaban J connectivity index is 1.40. The second-order valence-electron chi connectivity index (χ2n) is 17.0. The van der Waals surface area contributed by atoms with Crippen LogP contribution in [0.2, 0.25) is 0 Å². The third kappa shape index (κ3) is 10.8. The molecule has 4 aliphatic heterocycles. The smallest absolute Gasteiger partial charge is 0.294 e. The van der Waals surface area contributed by atoms with Crippen molar-refractivity contribution in [1.29, 1.82) is 0 Å². The quantitative estimate of drug-likeness (QED) is 0.0683. The summed E-state index contributed by atoms with van der Waals surface area (Å²) in [6.45, 7) is 6.15. The summed E-state index contributed by atoms with van der Waals surface area (Å²) in [5, 5.41) is 15.0. The average molecular weight is 971 g/mol. The Morgan fingerprint density at radius 3 is 2.20 bits per heavy atom. The molecule has 4 heterocycles. The van der Waals surface area contributed by atoms with Gasteiger partial charge >= 0.3 is 0 Å². The Labute approximate surface area is 384 Å². The number of hydrogen-bond donors (Lipinski definition) is 4. The lowest BCUT2D eigenvalue weighted by Crippen LogP contribution is -2.38. The van der Waals surface area contributed by atoms with E-state index in [0.29, 0.717) is 39.4 Å². The van der Waals surface area contributed by atoms with E-state index >= 15 is 0 Å². The summed E-state index contributed by atoms with van der Waals surface area (Å²) in [4.78, 5) is 51.8. The van der Waals surface area contributed by atoms with Gasteiger partial charge in [0.1, 0.15) is 22.2 Å². The Hall–Kier alpha value is -5.33. The zero-order chi connectivity index (χ0) is 48.6. The number of carbonyl (C=O) groups is 3. The van der Waals surface area contributed by atoms with E-state index in [0.717, 1.165) is 21.8 Å². The van der Waals surface area contributed by atoms with Crippen molar-refractivity contribution in [3.8, 4) is 0 Å². The van der Waals surface area contributed by atoms with Crippen LogP contribution in [0.1, 0.15) is 56.5 Å². The van der Waals surface area contributed by atoms with Gasteiger partial charge in [0.05, 0.1) is 34.5 Å². The fourth-order valence-electron chi connectivity index (χ4n) is 8.49. The molecular formula is C44H54N6O13S3. The van der Waals surface area contributed by atoms with E-state index in [4.69, 9.17) is 9.83 Å². The number of rotatable bonds is 19. The van der Waals surface area contributed by atoms with Crippen LogP contribution in [0.5, 0.6) is 0 Å². The molecule has 0 fully saturated rings. The van der Waals surface area contributed by atoms with Gasteiger partial charge in [-0.15, -0.1) is 0 Å². The maximum atomic E-state index is 13.3. The zero-order valence-electron chi connectivity index (χ0n) is 37.3. The van der Waals surface area contributed by atoms with Crippen molar-refractivity contribution in [1.82, 2.24) is 20.2 Å². The SMILES string of the molecule is CON(C)C(=O)C1=CN(CCCS(C)(=O)=O)C2N=C(C=CC=C3N(CCCS(=O)(=O)O)c4ccc(S(=O)(=O)O)cc4C3(C)c3ccc(C(O)NCCN4C(=O)C=CC4=O)cc3)C(C)(C)C2=C1. The van der Waals surface area contributed by atoms with Gasteiger partial charge in [-0.05, 0) is 78.5 Å². The first-order valence-corrected chi connectivity index (χ1v) is 25.9. The molecule has 3 unspecified atom stereocenters. The van der Waals surface area contributed by atoms with E-state index in [1.807, 2.05) is 25.7 Å². The van der Waals surface area contributed by atoms with E-state index in [1.165, 1.54) is 44.5 Å². The molecule has 6 rings (SSSR count). The van der Waals surface area contributed by atoms with Crippen LogP contribution in [0.25, 0.3) is 0 Å².